The van der Waals surface area contributed by atoms with E-state index in [0.717, 1.165) is 15.7 Å². The zero-order chi connectivity index (χ0) is 19.4. The van der Waals surface area contributed by atoms with Crippen molar-refractivity contribution in [3.05, 3.63) is 98.2 Å². The van der Waals surface area contributed by atoms with E-state index >= 15 is 0 Å². The lowest BCUT2D eigenvalue weighted by molar-refractivity contribution is 0.682. The summed E-state index contributed by atoms with van der Waals surface area (Å²) in [4.78, 5) is 24.5. The Hall–Kier alpha value is -3.59. The number of hydrogen-bond donors (Lipinski definition) is 1. The topological polar surface area (TPSA) is 79.8 Å². The van der Waals surface area contributed by atoms with Gasteiger partial charge in [0.15, 0.2) is 5.56 Å². The lowest BCUT2D eigenvalue weighted by Gasteiger charge is -2.21. The number of nitrogens with one attached hydrogen (secondary N) is 1. The Morgan fingerprint density at radius 1 is 0.926 bits per heavy atom. The molecule has 136 valence electrons. The molecule has 27 heavy (non-hydrogen) atoms. The Morgan fingerprint density at radius 2 is 1.44 bits per heavy atom. The first-order chi connectivity index (χ1) is 13.0. The Morgan fingerprint density at radius 3 is 1.93 bits per heavy atom. The van der Waals surface area contributed by atoms with Crippen molar-refractivity contribution in [1.29, 1.82) is 5.26 Å². The molecule has 0 bridgehead atoms. The maximum atomic E-state index is 12.3. The molecule has 1 aromatic heterocycles. The zero-order valence-corrected chi connectivity index (χ0v) is 15.2. The van der Waals surface area contributed by atoms with Crippen LogP contribution in [0.15, 0.2) is 70.3 Å². The van der Waals surface area contributed by atoms with Crippen LogP contribution in [0.25, 0.3) is 0 Å². The van der Waals surface area contributed by atoms with Gasteiger partial charge in [0.1, 0.15) is 11.9 Å². The summed E-state index contributed by atoms with van der Waals surface area (Å²) in [5.41, 5.74) is 1.06. The van der Waals surface area contributed by atoms with Gasteiger partial charge in [-0.2, -0.15) is 5.26 Å². The molecule has 0 atom stereocenters. The number of hydrogen-bond acceptors (Lipinski definition) is 4. The number of nitrogens with zero attached hydrogens (tertiary/aromatic N) is 3. The van der Waals surface area contributed by atoms with Crippen molar-refractivity contribution in [2.75, 3.05) is 11.9 Å². The molecule has 1 heterocycles. The standard InChI is InChI=1S/C21H20N4O2/c1-24-19(17(13-22)20(26)25(2)21(24)27)23-14-18(15-9-5-3-6-10-15)16-11-7-4-8-12-16/h3-12,18,23H,14H2,1-2H3. The highest BCUT2D eigenvalue weighted by molar-refractivity contribution is 5.52. The second-order valence-corrected chi connectivity index (χ2v) is 6.30. The van der Waals surface area contributed by atoms with Crippen LogP contribution >= 0.6 is 0 Å². The van der Waals surface area contributed by atoms with Gasteiger partial charge in [0, 0.05) is 26.6 Å². The molecule has 0 spiro atoms. The van der Waals surface area contributed by atoms with Crippen molar-refractivity contribution in [1.82, 2.24) is 9.13 Å². The summed E-state index contributed by atoms with van der Waals surface area (Å²) in [6, 6.07) is 21.9. The van der Waals surface area contributed by atoms with E-state index < -0.39 is 11.2 Å². The van der Waals surface area contributed by atoms with Crippen molar-refractivity contribution in [3.63, 3.8) is 0 Å². The molecular weight excluding hydrogens is 340 g/mol. The smallest absolute Gasteiger partial charge is 0.332 e. The lowest BCUT2D eigenvalue weighted by Crippen LogP contribution is -2.40. The number of benzene rings is 2. The molecule has 0 saturated heterocycles. The average Bonchev–Trinajstić information content (AvgIpc) is 2.72. The van der Waals surface area contributed by atoms with Crippen LogP contribution < -0.4 is 16.6 Å². The van der Waals surface area contributed by atoms with Crippen molar-refractivity contribution in [2.45, 2.75) is 5.92 Å². The highest BCUT2D eigenvalue weighted by Gasteiger charge is 2.18. The van der Waals surface area contributed by atoms with E-state index in [4.69, 9.17) is 0 Å². The fourth-order valence-corrected chi connectivity index (χ4v) is 3.15. The second kappa shape index (κ2) is 7.75. The van der Waals surface area contributed by atoms with Crippen LogP contribution in [0.2, 0.25) is 0 Å². The van der Waals surface area contributed by atoms with Crippen LogP contribution in [0, 0.1) is 11.3 Å². The van der Waals surface area contributed by atoms with Gasteiger partial charge in [-0.15, -0.1) is 0 Å². The zero-order valence-electron chi connectivity index (χ0n) is 15.2. The number of aromatic nitrogens is 2. The van der Waals surface area contributed by atoms with Crippen LogP contribution in [-0.2, 0) is 14.1 Å². The molecule has 0 aliphatic rings. The number of nitriles is 1. The van der Waals surface area contributed by atoms with E-state index in [1.54, 1.807) is 7.05 Å². The fourth-order valence-electron chi connectivity index (χ4n) is 3.15. The number of rotatable bonds is 5. The minimum Gasteiger partial charge on any atom is -0.369 e. The summed E-state index contributed by atoms with van der Waals surface area (Å²) >= 11 is 0. The Balaban J connectivity index is 2.02. The van der Waals surface area contributed by atoms with E-state index in [1.165, 1.54) is 11.6 Å². The summed E-state index contributed by atoms with van der Waals surface area (Å²) < 4.78 is 2.24. The van der Waals surface area contributed by atoms with Gasteiger partial charge in [0.2, 0.25) is 0 Å². The fraction of sp³-hybridized carbons (Fsp3) is 0.190. The van der Waals surface area contributed by atoms with Crippen molar-refractivity contribution >= 4 is 5.82 Å². The summed E-state index contributed by atoms with van der Waals surface area (Å²) in [6.45, 7) is 0.434. The molecule has 1 N–H and O–H groups in total. The summed E-state index contributed by atoms with van der Waals surface area (Å²) in [6.07, 6.45) is 0. The number of anilines is 1. The maximum absolute atomic E-state index is 12.3. The van der Waals surface area contributed by atoms with E-state index in [2.05, 4.69) is 5.32 Å². The first kappa shape index (κ1) is 18.2. The predicted molar refractivity (Wildman–Crippen MR) is 105 cm³/mol. The van der Waals surface area contributed by atoms with Crippen LogP contribution in [0.4, 0.5) is 5.82 Å². The molecule has 6 heteroatoms. The summed E-state index contributed by atoms with van der Waals surface area (Å²) in [7, 11) is 2.91. The highest BCUT2D eigenvalue weighted by Crippen LogP contribution is 2.25. The first-order valence-electron chi connectivity index (χ1n) is 8.58. The largest absolute Gasteiger partial charge is 0.369 e. The van der Waals surface area contributed by atoms with Crippen LogP contribution in [0.1, 0.15) is 22.6 Å². The molecule has 0 aliphatic carbocycles. The predicted octanol–water partition coefficient (Wildman–Crippen LogP) is 2.20. The van der Waals surface area contributed by atoms with E-state index in [0.29, 0.717) is 6.54 Å². The van der Waals surface area contributed by atoms with Crippen molar-refractivity contribution in [2.24, 2.45) is 14.1 Å². The van der Waals surface area contributed by atoms with Gasteiger partial charge < -0.3 is 5.32 Å². The second-order valence-electron chi connectivity index (χ2n) is 6.30. The summed E-state index contributed by atoms with van der Waals surface area (Å²) in [5.74, 6) is 0.237. The SMILES string of the molecule is Cn1c(NCC(c2ccccc2)c2ccccc2)c(C#N)c(=O)n(C)c1=O. The van der Waals surface area contributed by atoms with Gasteiger partial charge in [0.25, 0.3) is 5.56 Å². The minimum absolute atomic E-state index is 0.00176. The Bertz CT molecular complexity index is 1050. The molecule has 0 unspecified atom stereocenters. The maximum Gasteiger partial charge on any atom is 0.332 e. The Kier molecular flexibility index (Phi) is 5.23. The third-order valence-electron chi connectivity index (χ3n) is 4.65. The molecule has 0 amide bonds. The van der Waals surface area contributed by atoms with Gasteiger partial charge in [0.05, 0.1) is 0 Å². The highest BCUT2D eigenvalue weighted by atomic mass is 16.2. The third kappa shape index (κ3) is 3.53. The van der Waals surface area contributed by atoms with Gasteiger partial charge >= 0.3 is 5.69 Å². The third-order valence-corrected chi connectivity index (χ3v) is 4.65. The van der Waals surface area contributed by atoms with Gasteiger partial charge in [-0.3, -0.25) is 13.9 Å². The monoisotopic (exact) mass is 360 g/mol. The molecule has 2 aromatic carbocycles. The normalized spacial score (nSPS) is 10.6. The molecule has 0 aliphatic heterocycles. The van der Waals surface area contributed by atoms with Crippen molar-refractivity contribution in [3.8, 4) is 6.07 Å². The van der Waals surface area contributed by atoms with E-state index in [9.17, 15) is 14.9 Å². The van der Waals surface area contributed by atoms with Crippen LogP contribution in [-0.4, -0.2) is 15.7 Å². The quantitative estimate of drug-likeness (QED) is 0.756. The van der Waals surface area contributed by atoms with Gasteiger partial charge in [-0.25, -0.2) is 4.79 Å². The van der Waals surface area contributed by atoms with Crippen LogP contribution in [0.3, 0.4) is 0 Å². The average molecular weight is 360 g/mol. The first-order valence-corrected chi connectivity index (χ1v) is 8.58. The van der Waals surface area contributed by atoms with Gasteiger partial charge in [-0.1, -0.05) is 60.7 Å². The molecule has 3 aromatic rings. The van der Waals surface area contributed by atoms with E-state index in [-0.39, 0.29) is 17.3 Å². The van der Waals surface area contributed by atoms with Gasteiger partial charge in [-0.05, 0) is 11.1 Å². The molecule has 6 nitrogen and oxygen atoms in total. The molecule has 0 saturated carbocycles. The minimum atomic E-state index is -0.598. The van der Waals surface area contributed by atoms with Crippen LogP contribution in [0.5, 0.6) is 0 Å². The van der Waals surface area contributed by atoms with E-state index in [1.807, 2.05) is 66.7 Å². The molecular formula is C21H20N4O2. The van der Waals surface area contributed by atoms with Crippen molar-refractivity contribution < 1.29 is 0 Å². The molecule has 0 radical (unpaired) electrons. The lowest BCUT2D eigenvalue weighted by atomic mass is 9.91. The Labute approximate surface area is 156 Å². The molecule has 0 fully saturated rings. The molecule has 3 rings (SSSR count). The summed E-state index contributed by atoms with van der Waals surface area (Å²) in [5, 5.41) is 12.6.